The van der Waals surface area contributed by atoms with Crippen LogP contribution in [0, 0.1) is 35.5 Å². The molecule has 4 aliphatic rings. The largest absolute Gasteiger partial charge is 0.445 e. The van der Waals surface area contributed by atoms with Crippen molar-refractivity contribution >= 4 is 6.09 Å². The lowest BCUT2D eigenvalue weighted by atomic mass is 9.48. The van der Waals surface area contributed by atoms with E-state index in [1.807, 2.05) is 6.92 Å². The number of carbonyl (C=O) groups excluding carboxylic acids is 1. The van der Waals surface area contributed by atoms with Crippen molar-refractivity contribution < 1.29 is 14.6 Å². The van der Waals surface area contributed by atoms with E-state index in [2.05, 4.69) is 24.9 Å². The number of rotatable bonds is 1. The molecule has 0 aromatic carbocycles. The average Bonchev–Trinajstić information content (AvgIpc) is 3.26. The maximum Gasteiger partial charge on any atom is 0.419 e. The third kappa shape index (κ3) is 2.83. The topological polar surface area (TPSA) is 64.4 Å². The van der Waals surface area contributed by atoms with Crippen LogP contribution in [0.4, 0.5) is 4.79 Å². The first kappa shape index (κ1) is 19.3. The third-order valence-electron chi connectivity index (χ3n) is 9.26. The van der Waals surface area contributed by atoms with Crippen LogP contribution in [-0.4, -0.2) is 33.0 Å². The van der Waals surface area contributed by atoms with Gasteiger partial charge in [-0.05, 0) is 81.5 Å². The predicted octanol–water partition coefficient (Wildman–Crippen LogP) is 4.87. The molecule has 3 saturated carbocycles. The summed E-state index contributed by atoms with van der Waals surface area (Å²) in [6, 6.07) is 0. The lowest BCUT2D eigenvalue weighted by molar-refractivity contribution is -0.0739. The lowest BCUT2D eigenvalue weighted by Crippen LogP contribution is -2.51. The Bertz CT molecular complexity index is 845. The molecule has 0 amide bonds. The van der Waals surface area contributed by atoms with Gasteiger partial charge in [0.15, 0.2) is 0 Å². The number of aromatic nitrogens is 2. The Hall–Kier alpha value is -1.62. The van der Waals surface area contributed by atoms with Crippen LogP contribution in [0.25, 0.3) is 0 Å². The van der Waals surface area contributed by atoms with Crippen LogP contribution in [0.15, 0.2) is 24.0 Å². The van der Waals surface area contributed by atoms with E-state index in [-0.39, 0.29) is 29.1 Å². The molecule has 158 valence electrons. The third-order valence-corrected chi connectivity index (χ3v) is 9.26. The quantitative estimate of drug-likeness (QED) is 0.686. The zero-order valence-electron chi connectivity index (χ0n) is 17.9. The zero-order valence-corrected chi connectivity index (χ0v) is 17.9. The summed E-state index contributed by atoms with van der Waals surface area (Å²) < 4.78 is 7.59. The van der Waals surface area contributed by atoms with Crippen LogP contribution in [0.1, 0.15) is 71.0 Å². The Balaban J connectivity index is 1.37. The molecule has 5 nitrogen and oxygen atoms in total. The molecule has 0 spiro atoms. The highest BCUT2D eigenvalue weighted by Gasteiger charge is 2.59. The van der Waals surface area contributed by atoms with Gasteiger partial charge in [-0.2, -0.15) is 0 Å². The van der Waals surface area contributed by atoms with E-state index in [1.165, 1.54) is 16.6 Å². The van der Waals surface area contributed by atoms with Crippen molar-refractivity contribution in [3.05, 3.63) is 29.9 Å². The number of imidazole rings is 1. The fourth-order valence-electron chi connectivity index (χ4n) is 7.54. The summed E-state index contributed by atoms with van der Waals surface area (Å²) in [5.41, 5.74) is 1.84. The van der Waals surface area contributed by atoms with Gasteiger partial charge in [-0.1, -0.05) is 25.5 Å². The van der Waals surface area contributed by atoms with Crippen molar-refractivity contribution in [2.75, 3.05) is 0 Å². The molecule has 0 unspecified atom stereocenters. The second-order valence-electron chi connectivity index (χ2n) is 10.5. The van der Waals surface area contributed by atoms with Crippen molar-refractivity contribution in [3.8, 4) is 0 Å². The smallest absolute Gasteiger partial charge is 0.419 e. The Labute approximate surface area is 173 Å². The van der Waals surface area contributed by atoms with E-state index >= 15 is 0 Å². The van der Waals surface area contributed by atoms with Crippen LogP contribution >= 0.6 is 0 Å². The monoisotopic (exact) mass is 398 g/mol. The molecule has 1 N–H and O–H groups in total. The highest BCUT2D eigenvalue weighted by molar-refractivity contribution is 5.71. The standard InChI is InChI=1S/C24H34N2O3/c1-15-25-12-13-26(15)22(28)29-21-7-6-19-18-5-4-16-14-17(27)8-10-23(16,2)20(18)9-11-24(19,21)3/h4,12-13,17-21,27H,5-11,14H2,1-3H3/t17-,18-,19-,20-,21-,23-,24-/m0/s1. The van der Waals surface area contributed by atoms with Gasteiger partial charge in [-0.15, -0.1) is 0 Å². The Morgan fingerprint density at radius 3 is 2.79 bits per heavy atom. The maximum atomic E-state index is 12.7. The Kier molecular flexibility index (Phi) is 4.47. The number of ether oxygens (including phenoxy) is 1. The fraction of sp³-hybridized carbons (Fsp3) is 0.750. The number of nitrogens with zero attached hydrogens (tertiary/aromatic N) is 2. The van der Waals surface area contributed by atoms with Crippen LogP contribution in [-0.2, 0) is 4.74 Å². The minimum atomic E-state index is -0.284. The van der Waals surface area contributed by atoms with Gasteiger partial charge in [0.2, 0.25) is 0 Å². The molecule has 5 heteroatoms. The minimum Gasteiger partial charge on any atom is -0.445 e. The van der Waals surface area contributed by atoms with E-state index in [0.29, 0.717) is 23.6 Å². The highest BCUT2D eigenvalue weighted by atomic mass is 16.6. The number of aliphatic hydroxyl groups is 1. The number of aryl methyl sites for hydroxylation is 1. The Morgan fingerprint density at radius 2 is 2.03 bits per heavy atom. The van der Waals surface area contributed by atoms with Gasteiger partial charge in [0.1, 0.15) is 11.9 Å². The number of aliphatic hydroxyl groups excluding tert-OH is 1. The van der Waals surface area contributed by atoms with Crippen molar-refractivity contribution in [2.45, 2.75) is 84.3 Å². The molecule has 0 saturated heterocycles. The molecule has 5 rings (SSSR count). The summed E-state index contributed by atoms with van der Waals surface area (Å²) in [7, 11) is 0. The molecule has 1 heterocycles. The van der Waals surface area contributed by atoms with Crippen LogP contribution in [0.2, 0.25) is 0 Å². The summed E-state index contributed by atoms with van der Waals surface area (Å²) in [5.74, 6) is 2.68. The van der Waals surface area contributed by atoms with E-state index in [4.69, 9.17) is 4.74 Å². The van der Waals surface area contributed by atoms with Gasteiger partial charge in [0.05, 0.1) is 6.10 Å². The summed E-state index contributed by atoms with van der Waals surface area (Å²) in [5, 5.41) is 10.2. The van der Waals surface area contributed by atoms with Gasteiger partial charge < -0.3 is 9.84 Å². The maximum absolute atomic E-state index is 12.7. The molecule has 4 aliphatic carbocycles. The van der Waals surface area contributed by atoms with Crippen LogP contribution in [0.5, 0.6) is 0 Å². The summed E-state index contributed by atoms with van der Waals surface area (Å²) in [4.78, 5) is 16.9. The highest BCUT2D eigenvalue weighted by Crippen LogP contribution is 2.65. The van der Waals surface area contributed by atoms with Crippen molar-refractivity contribution in [1.29, 1.82) is 0 Å². The number of hydrogen-bond donors (Lipinski definition) is 1. The van der Waals surface area contributed by atoms with E-state index < -0.39 is 0 Å². The van der Waals surface area contributed by atoms with Gasteiger partial charge in [0, 0.05) is 17.8 Å². The number of carbonyl (C=O) groups is 1. The molecule has 0 bridgehead atoms. The second kappa shape index (κ2) is 6.69. The number of allylic oxidation sites excluding steroid dienone is 1. The summed E-state index contributed by atoms with van der Waals surface area (Å²) in [6.45, 7) is 6.66. The molecule has 0 aliphatic heterocycles. The first-order valence-corrected chi connectivity index (χ1v) is 11.4. The number of hydrogen-bond acceptors (Lipinski definition) is 4. The molecule has 0 radical (unpaired) electrons. The van der Waals surface area contributed by atoms with Gasteiger partial charge in [0.25, 0.3) is 0 Å². The molecule has 29 heavy (non-hydrogen) atoms. The first-order chi connectivity index (χ1) is 13.8. The van der Waals surface area contributed by atoms with Crippen molar-refractivity contribution in [3.63, 3.8) is 0 Å². The second-order valence-corrected chi connectivity index (χ2v) is 10.5. The van der Waals surface area contributed by atoms with Crippen molar-refractivity contribution in [2.24, 2.45) is 28.6 Å². The SMILES string of the molecule is Cc1nccn1C(=O)O[C@H]1CC[C@H]2[C@@H]3CC=C4C[C@@H](O)CC[C@]4(C)[C@H]3CC[C@]12C. The van der Waals surface area contributed by atoms with Gasteiger partial charge in [-0.3, -0.25) is 0 Å². The van der Waals surface area contributed by atoms with Crippen LogP contribution in [0.3, 0.4) is 0 Å². The fourth-order valence-corrected chi connectivity index (χ4v) is 7.54. The molecule has 1 aromatic heterocycles. The van der Waals surface area contributed by atoms with E-state index in [0.717, 1.165) is 44.9 Å². The zero-order chi connectivity index (χ0) is 20.4. The molecule has 7 atom stereocenters. The molecular formula is C24H34N2O3. The van der Waals surface area contributed by atoms with E-state index in [1.54, 1.807) is 12.4 Å². The van der Waals surface area contributed by atoms with E-state index in [9.17, 15) is 9.90 Å². The lowest BCUT2D eigenvalue weighted by Gasteiger charge is -2.57. The molecular weight excluding hydrogens is 364 g/mol. The molecule has 1 aromatic rings. The number of fused-ring (bicyclic) bond motifs is 5. The summed E-state index contributed by atoms with van der Waals surface area (Å²) in [6.07, 6.45) is 13.9. The summed E-state index contributed by atoms with van der Waals surface area (Å²) >= 11 is 0. The minimum absolute atomic E-state index is 0.00545. The normalized spacial score (nSPS) is 43.7. The average molecular weight is 399 g/mol. The molecule has 3 fully saturated rings. The van der Waals surface area contributed by atoms with Gasteiger partial charge >= 0.3 is 6.09 Å². The van der Waals surface area contributed by atoms with Crippen LogP contribution < -0.4 is 0 Å². The first-order valence-electron chi connectivity index (χ1n) is 11.4. The van der Waals surface area contributed by atoms with Gasteiger partial charge in [-0.25, -0.2) is 14.3 Å². The predicted molar refractivity (Wildman–Crippen MR) is 110 cm³/mol. The Morgan fingerprint density at radius 1 is 1.21 bits per heavy atom. The van der Waals surface area contributed by atoms with Crippen molar-refractivity contribution in [1.82, 2.24) is 9.55 Å².